The summed E-state index contributed by atoms with van der Waals surface area (Å²) in [5.74, 6) is 0. The summed E-state index contributed by atoms with van der Waals surface area (Å²) in [7, 11) is 0. The topological polar surface area (TPSA) is 52.0 Å². The maximum absolute atomic E-state index is 5.15. The zero-order valence-corrected chi connectivity index (χ0v) is 3.72. The number of hydrogen-bond acceptors (Lipinski definition) is 3. The monoisotopic (exact) mass is 97.0 g/mol. The molecule has 1 radical (unpaired) electrons. The van der Waals surface area contributed by atoms with Crippen LogP contribution in [0.3, 0.4) is 0 Å². The zero-order valence-electron chi connectivity index (χ0n) is 3.72. The molecule has 0 unspecified atom stereocenters. The second-order valence-corrected chi connectivity index (χ2v) is 1.13. The van der Waals surface area contributed by atoms with E-state index in [4.69, 9.17) is 5.73 Å². The number of nitrogens with two attached hydrogens (primary N) is 1. The van der Waals surface area contributed by atoms with Crippen LogP contribution >= 0.6 is 0 Å². The van der Waals surface area contributed by atoms with Gasteiger partial charge in [-0.3, -0.25) is 0 Å². The van der Waals surface area contributed by atoms with Crippen molar-refractivity contribution in [2.75, 3.05) is 0 Å². The van der Waals surface area contributed by atoms with Crippen LogP contribution < -0.4 is 5.73 Å². The van der Waals surface area contributed by atoms with E-state index in [1.54, 1.807) is 0 Å². The van der Waals surface area contributed by atoms with Gasteiger partial charge in [0.1, 0.15) is 6.26 Å². The number of rotatable bonds is 1. The molecule has 0 aromatic carbocycles. The van der Waals surface area contributed by atoms with Gasteiger partial charge in [0.2, 0.25) is 0 Å². The minimum Gasteiger partial charge on any atom is -0.441 e. The van der Waals surface area contributed by atoms with Gasteiger partial charge in [0.05, 0.1) is 5.69 Å². The summed E-state index contributed by atoms with van der Waals surface area (Å²) in [4.78, 5) is 3.62. The first kappa shape index (κ1) is 4.33. The van der Waals surface area contributed by atoms with Gasteiger partial charge in [0.25, 0.3) is 6.39 Å². The predicted octanol–water partition coefficient (Wildman–Crippen LogP) is -0.0665. The Morgan fingerprint density at radius 1 is 2.00 bits per heavy atom. The summed E-state index contributed by atoms with van der Waals surface area (Å²) in [6.07, 6.45) is 3.75. The fourth-order valence-corrected chi connectivity index (χ4v) is 0.299. The summed E-state index contributed by atoms with van der Waals surface area (Å²) in [6.45, 7) is 0.424. The lowest BCUT2D eigenvalue weighted by molar-refractivity contribution is 0.546. The van der Waals surface area contributed by atoms with Gasteiger partial charge in [-0.25, -0.2) is 4.98 Å². The summed E-state index contributed by atoms with van der Waals surface area (Å²) < 4.78 is 4.49. The van der Waals surface area contributed by atoms with Crippen molar-refractivity contribution in [2.45, 2.75) is 6.54 Å². The molecule has 1 aromatic rings. The lowest BCUT2D eigenvalue weighted by Crippen LogP contribution is -1.94. The van der Waals surface area contributed by atoms with E-state index in [2.05, 4.69) is 15.8 Å². The molecule has 1 aromatic heterocycles. The van der Waals surface area contributed by atoms with Gasteiger partial charge in [0.15, 0.2) is 0 Å². The summed E-state index contributed by atoms with van der Waals surface area (Å²) in [5, 5.41) is 0. The quantitative estimate of drug-likeness (QED) is 0.533. The van der Waals surface area contributed by atoms with Crippen molar-refractivity contribution in [1.29, 1.82) is 0 Å². The van der Waals surface area contributed by atoms with Gasteiger partial charge < -0.3 is 10.2 Å². The fourth-order valence-electron chi connectivity index (χ4n) is 0.299. The maximum Gasteiger partial charge on any atom is 0.283 e. The Labute approximate surface area is 41.2 Å². The van der Waals surface area contributed by atoms with E-state index in [0.29, 0.717) is 6.54 Å². The van der Waals surface area contributed by atoms with Crippen LogP contribution in [0, 0.1) is 6.39 Å². The summed E-state index contributed by atoms with van der Waals surface area (Å²) in [5.41, 5.74) is 5.89. The molecular formula is C4H5N2O. The third-order valence-corrected chi connectivity index (χ3v) is 0.646. The van der Waals surface area contributed by atoms with Gasteiger partial charge in [-0.2, -0.15) is 0 Å². The number of aromatic nitrogens is 1. The molecule has 0 spiro atoms. The molecule has 0 aliphatic rings. The van der Waals surface area contributed by atoms with Gasteiger partial charge in [-0.15, -0.1) is 0 Å². The van der Waals surface area contributed by atoms with Crippen molar-refractivity contribution in [3.63, 3.8) is 0 Å². The van der Waals surface area contributed by atoms with E-state index in [-0.39, 0.29) is 0 Å². The van der Waals surface area contributed by atoms with E-state index < -0.39 is 0 Å². The molecule has 0 aliphatic heterocycles. The van der Waals surface area contributed by atoms with Crippen LogP contribution in [0.25, 0.3) is 0 Å². The Hall–Kier alpha value is -0.830. The number of nitrogens with zero attached hydrogens (tertiary/aromatic N) is 1. The smallest absolute Gasteiger partial charge is 0.283 e. The molecule has 0 atom stereocenters. The highest BCUT2D eigenvalue weighted by Crippen LogP contribution is 1.88. The molecule has 0 fully saturated rings. The molecule has 3 nitrogen and oxygen atoms in total. The highest BCUT2D eigenvalue weighted by atomic mass is 16.3. The number of oxazole rings is 1. The average molecular weight is 97.1 g/mol. The zero-order chi connectivity index (χ0) is 5.11. The Morgan fingerprint density at radius 3 is 3.14 bits per heavy atom. The Balaban J connectivity index is 2.76. The van der Waals surface area contributed by atoms with E-state index >= 15 is 0 Å². The molecular weight excluding hydrogens is 92.1 g/mol. The van der Waals surface area contributed by atoms with Crippen LogP contribution in [0.1, 0.15) is 5.69 Å². The molecule has 2 N–H and O–H groups in total. The lowest BCUT2D eigenvalue weighted by Gasteiger charge is -1.76. The van der Waals surface area contributed by atoms with E-state index in [0.717, 1.165) is 5.69 Å². The number of hydrogen-bond donors (Lipinski definition) is 1. The van der Waals surface area contributed by atoms with E-state index in [9.17, 15) is 0 Å². The SMILES string of the molecule is NCc1co[c]n1. The van der Waals surface area contributed by atoms with Crippen LogP contribution in [0.2, 0.25) is 0 Å². The first-order valence-corrected chi connectivity index (χ1v) is 1.94. The van der Waals surface area contributed by atoms with Crippen LogP contribution in [0.5, 0.6) is 0 Å². The van der Waals surface area contributed by atoms with Crippen molar-refractivity contribution in [1.82, 2.24) is 4.98 Å². The third kappa shape index (κ3) is 0.778. The Bertz CT molecular complexity index is 124. The maximum atomic E-state index is 5.15. The minimum absolute atomic E-state index is 0.424. The minimum atomic E-state index is 0.424. The van der Waals surface area contributed by atoms with E-state index in [1.807, 2.05) is 0 Å². The molecule has 7 heavy (non-hydrogen) atoms. The highest BCUT2D eigenvalue weighted by Gasteiger charge is 1.87. The molecule has 0 saturated heterocycles. The molecule has 1 heterocycles. The second kappa shape index (κ2) is 1.75. The van der Waals surface area contributed by atoms with Crippen molar-refractivity contribution in [3.8, 4) is 0 Å². The largest absolute Gasteiger partial charge is 0.441 e. The van der Waals surface area contributed by atoms with Gasteiger partial charge >= 0.3 is 0 Å². The summed E-state index contributed by atoms with van der Waals surface area (Å²) in [6, 6.07) is 0. The lowest BCUT2D eigenvalue weighted by atomic mass is 10.5. The van der Waals surface area contributed by atoms with Gasteiger partial charge in [-0.1, -0.05) is 0 Å². The second-order valence-electron chi connectivity index (χ2n) is 1.13. The predicted molar refractivity (Wildman–Crippen MR) is 23.2 cm³/mol. The van der Waals surface area contributed by atoms with Gasteiger partial charge in [-0.05, 0) is 0 Å². The van der Waals surface area contributed by atoms with Crippen molar-refractivity contribution < 1.29 is 4.42 Å². The normalized spacial score (nSPS) is 9.29. The van der Waals surface area contributed by atoms with Crippen molar-refractivity contribution >= 4 is 0 Å². The molecule has 37 valence electrons. The first-order chi connectivity index (χ1) is 3.43. The van der Waals surface area contributed by atoms with Crippen molar-refractivity contribution in [3.05, 3.63) is 18.4 Å². The molecule has 1 rings (SSSR count). The molecule has 0 amide bonds. The Kier molecular flexibility index (Phi) is 1.08. The molecule has 0 aliphatic carbocycles. The average Bonchev–Trinajstić information content (AvgIpc) is 2.14. The standard InChI is InChI=1S/C4H5N2O/c5-1-4-2-7-3-6-4/h2H,1,5H2. The first-order valence-electron chi connectivity index (χ1n) is 1.94. The Morgan fingerprint density at radius 2 is 2.86 bits per heavy atom. The molecule has 3 heteroatoms. The van der Waals surface area contributed by atoms with Crippen LogP contribution in [0.4, 0.5) is 0 Å². The highest BCUT2D eigenvalue weighted by molar-refractivity contribution is 4.87. The van der Waals surface area contributed by atoms with Crippen molar-refractivity contribution in [2.24, 2.45) is 5.73 Å². The van der Waals surface area contributed by atoms with Crippen LogP contribution in [0.15, 0.2) is 10.7 Å². The summed E-state index contributed by atoms with van der Waals surface area (Å²) >= 11 is 0. The fraction of sp³-hybridized carbons (Fsp3) is 0.250. The van der Waals surface area contributed by atoms with Crippen LogP contribution in [-0.2, 0) is 6.54 Å². The van der Waals surface area contributed by atoms with Crippen LogP contribution in [-0.4, -0.2) is 4.98 Å². The van der Waals surface area contributed by atoms with Gasteiger partial charge in [0, 0.05) is 6.54 Å². The van der Waals surface area contributed by atoms with E-state index in [1.165, 1.54) is 6.26 Å². The third-order valence-electron chi connectivity index (χ3n) is 0.646. The molecule has 0 saturated carbocycles. The molecule has 0 bridgehead atoms.